The van der Waals surface area contributed by atoms with E-state index >= 15 is 0 Å². The average molecular weight is 1410 g/mol. The van der Waals surface area contributed by atoms with Crippen LogP contribution in [0, 0.1) is 0 Å². The van der Waals surface area contributed by atoms with Gasteiger partial charge < -0.3 is 14.4 Å². The molecule has 18 aromatic rings. The number of fused-ring (bicyclic) bond motifs is 7. The summed E-state index contributed by atoms with van der Waals surface area (Å²) in [4.78, 5) is 5.49. The molecule has 0 unspecified atom stereocenters. The summed E-state index contributed by atoms with van der Waals surface area (Å²) in [5, 5.41) is 12.9. The molecule has 0 saturated carbocycles. The van der Waals surface area contributed by atoms with Gasteiger partial charge in [0.1, 0.15) is 0 Å². The molecular weight excluding hydrogens is 1330 g/mol. The van der Waals surface area contributed by atoms with Crippen LogP contribution >= 0.6 is 0 Å². The zero-order valence-corrected chi connectivity index (χ0v) is 61.5. The number of rotatable bonds is 15. The molecule has 2 aliphatic heterocycles. The molecule has 0 N–H and O–H groups in total. The minimum absolute atomic E-state index is 0.307. The van der Waals surface area contributed by atoms with Crippen LogP contribution in [0.1, 0.15) is 0 Å². The molecule has 0 amide bonds. The molecule has 1 aromatic heterocycles. The predicted molar refractivity (Wildman–Crippen MR) is 464 cm³/mol. The van der Waals surface area contributed by atoms with Gasteiger partial charge in [0.05, 0.1) is 28.1 Å². The number of anilines is 6. The van der Waals surface area contributed by atoms with Crippen LogP contribution in [0.3, 0.4) is 0 Å². The van der Waals surface area contributed by atoms with E-state index in [1.807, 2.05) is 0 Å². The molecule has 6 heteroatoms. The van der Waals surface area contributed by atoms with Crippen molar-refractivity contribution in [3.8, 4) is 50.2 Å². The first kappa shape index (κ1) is 64.3. The van der Waals surface area contributed by atoms with Crippen LogP contribution in [0.2, 0.25) is 0 Å². The van der Waals surface area contributed by atoms with E-state index in [0.717, 1.165) is 95.4 Å². The summed E-state index contributed by atoms with van der Waals surface area (Å²) in [6.45, 7) is -0.307. The average Bonchev–Trinajstić information content (AvgIpc) is 0.778. The van der Waals surface area contributed by atoms with Gasteiger partial charge in [-0.1, -0.05) is 400 Å². The Hall–Kier alpha value is -13.4. The van der Waals surface area contributed by atoms with Crippen LogP contribution in [0.5, 0.6) is 0 Å². The van der Waals surface area contributed by atoms with Gasteiger partial charge in [-0.2, -0.15) is 0 Å². The maximum atomic E-state index is 2.74. The summed E-state index contributed by atoms with van der Waals surface area (Å²) < 4.78 is 2.56. The molecule has 3 heterocycles. The molecule has 0 radical (unpaired) electrons. The number of aromatic nitrogens is 1. The smallest absolute Gasteiger partial charge is 0.252 e. The molecule has 0 bridgehead atoms. The zero-order chi connectivity index (χ0) is 71.5. The largest absolute Gasteiger partial charge is 0.310 e. The Morgan fingerprint density at radius 2 is 0.463 bits per heavy atom. The number of nitrogens with zero attached hydrogens (tertiary/aromatic N) is 3. The van der Waals surface area contributed by atoms with Gasteiger partial charge in [0.25, 0.3) is 6.71 Å². The number of para-hydroxylation sites is 4. The molecular formula is C102H72BN3Si2. The van der Waals surface area contributed by atoms with Crippen molar-refractivity contribution in [1.29, 1.82) is 0 Å². The molecule has 3 nitrogen and oxygen atoms in total. The Kier molecular flexibility index (Phi) is 16.0. The summed E-state index contributed by atoms with van der Waals surface area (Å²) in [6, 6.07) is 166. The van der Waals surface area contributed by atoms with Crippen LogP contribution in [0.25, 0.3) is 72.0 Å². The lowest BCUT2D eigenvalue weighted by atomic mass is 9.33. The lowest BCUT2D eigenvalue weighted by Gasteiger charge is -2.47. The third-order valence-corrected chi connectivity index (χ3v) is 32.4. The van der Waals surface area contributed by atoms with E-state index in [1.165, 1.54) is 68.7 Å². The number of hydrogen-bond acceptors (Lipinski definition) is 2. The molecule has 108 heavy (non-hydrogen) atoms. The van der Waals surface area contributed by atoms with Gasteiger partial charge in [-0.25, -0.2) is 0 Å². The molecule has 17 aromatic carbocycles. The second kappa shape index (κ2) is 27.0. The molecule has 0 spiro atoms. The Morgan fingerprint density at radius 3 is 0.750 bits per heavy atom. The summed E-state index contributed by atoms with van der Waals surface area (Å²) in [7, 11) is -6.49. The topological polar surface area (TPSA) is 11.4 Å². The SMILES string of the molecule is c1ccc(-c2cccc(-c3ccccc3)c2N2c3cc([Si](c4ccccc4)(c4ccccc4)c4ccccc4)ccc3B3c4ccc([Si](c5ccccc5)(c5ccccc5)c5ccccc5)cc4N(c4c(-c5ccccc5)cccc4-c4ccccc4)c4cc(-n5c6ccccc6c6ccccc65)cc2c43)cc1. The normalized spacial score (nSPS) is 12.4. The number of hydrogen-bond donors (Lipinski definition) is 0. The van der Waals surface area contributed by atoms with E-state index < -0.39 is 16.1 Å². The minimum atomic E-state index is -3.24. The molecule has 506 valence electrons. The lowest BCUT2D eigenvalue weighted by Crippen LogP contribution is -2.75. The van der Waals surface area contributed by atoms with Crippen molar-refractivity contribution in [3.63, 3.8) is 0 Å². The summed E-state index contributed by atoms with van der Waals surface area (Å²) in [6.07, 6.45) is 0. The van der Waals surface area contributed by atoms with Gasteiger partial charge in [-0.3, -0.25) is 0 Å². The van der Waals surface area contributed by atoms with E-state index in [9.17, 15) is 0 Å². The van der Waals surface area contributed by atoms with Crippen LogP contribution < -0.4 is 67.7 Å². The second-order valence-electron chi connectivity index (χ2n) is 28.5. The Balaban J connectivity index is 1.01. The maximum absolute atomic E-state index is 3.24. The van der Waals surface area contributed by atoms with E-state index in [4.69, 9.17) is 0 Å². The fourth-order valence-corrected chi connectivity index (χ4v) is 27.9. The summed E-state index contributed by atoms with van der Waals surface area (Å²) >= 11 is 0. The van der Waals surface area contributed by atoms with Crippen molar-refractivity contribution in [3.05, 3.63) is 437 Å². The molecule has 0 fully saturated rings. The van der Waals surface area contributed by atoms with Crippen LogP contribution in [0.4, 0.5) is 34.1 Å². The van der Waals surface area contributed by atoms with Gasteiger partial charge >= 0.3 is 0 Å². The van der Waals surface area contributed by atoms with Gasteiger partial charge in [-0.15, -0.1) is 0 Å². The quantitative estimate of drug-likeness (QED) is 0.0749. The predicted octanol–water partition coefficient (Wildman–Crippen LogP) is 18.3. The van der Waals surface area contributed by atoms with Crippen molar-refractivity contribution in [2.45, 2.75) is 0 Å². The minimum Gasteiger partial charge on any atom is -0.310 e. The van der Waals surface area contributed by atoms with Crippen LogP contribution in [-0.4, -0.2) is 27.4 Å². The second-order valence-corrected chi connectivity index (χ2v) is 36.1. The van der Waals surface area contributed by atoms with Crippen LogP contribution in [-0.2, 0) is 0 Å². The van der Waals surface area contributed by atoms with E-state index in [2.05, 4.69) is 451 Å². The Labute approximate surface area is 633 Å². The third-order valence-electron chi connectivity index (χ3n) is 22.9. The molecule has 0 saturated heterocycles. The van der Waals surface area contributed by atoms with E-state index in [-0.39, 0.29) is 6.71 Å². The Bertz CT molecular complexity index is 5660. The first-order chi connectivity index (χ1) is 53.6. The highest BCUT2D eigenvalue weighted by molar-refractivity contribution is 7.20. The van der Waals surface area contributed by atoms with Gasteiger partial charge in [0, 0.05) is 55.8 Å². The zero-order valence-electron chi connectivity index (χ0n) is 59.5. The molecule has 0 aliphatic carbocycles. The van der Waals surface area contributed by atoms with Crippen molar-refractivity contribution < 1.29 is 0 Å². The first-order valence-corrected chi connectivity index (χ1v) is 41.5. The maximum Gasteiger partial charge on any atom is 0.252 e. The van der Waals surface area contributed by atoms with Crippen molar-refractivity contribution in [2.24, 2.45) is 0 Å². The lowest BCUT2D eigenvalue weighted by molar-refractivity contribution is 1.16. The summed E-state index contributed by atoms with van der Waals surface area (Å²) in [5.74, 6) is 0. The third kappa shape index (κ3) is 10.3. The van der Waals surface area contributed by atoms with Crippen molar-refractivity contribution in [1.82, 2.24) is 4.57 Å². The fraction of sp³-hybridized carbons (Fsp3) is 0. The Morgan fingerprint density at radius 1 is 0.204 bits per heavy atom. The molecule has 0 atom stereocenters. The highest BCUT2D eigenvalue weighted by Gasteiger charge is 2.50. The molecule has 2 aliphatic rings. The standard InChI is InChI=1S/C102H72BN3Si2/c1-11-37-73(38-12-1)86-59-35-60-87(74-39-13-2-14-40-74)101(86)105-96-71-84(107(78-45-19-5-20-46-78,79-47-21-6-22-48-79)80-49-23-7-24-50-80)65-67-92(96)103-93-68-66-85(108(81-51-25-8-26-52-81,82-53-27-9-28-54-82)83-55-29-10-30-56-83)72-97(93)106(102-88(75-41-15-3-16-42-75)61-36-62-89(102)76-43-17-4-18-44-76)99-70-77(69-98(105)100(99)103)104-94-63-33-31-57-90(94)91-58-32-34-64-95(91)104/h1-72H. The number of benzene rings is 17. The molecule has 20 rings (SSSR count). The van der Waals surface area contributed by atoms with Gasteiger partial charge in [0.2, 0.25) is 0 Å². The monoisotopic (exact) mass is 1410 g/mol. The van der Waals surface area contributed by atoms with Gasteiger partial charge in [0.15, 0.2) is 16.1 Å². The van der Waals surface area contributed by atoms with E-state index in [1.54, 1.807) is 0 Å². The van der Waals surface area contributed by atoms with Crippen LogP contribution in [0.15, 0.2) is 437 Å². The highest BCUT2D eigenvalue weighted by Crippen LogP contribution is 2.53. The van der Waals surface area contributed by atoms with Gasteiger partial charge in [-0.05, 0) is 117 Å². The van der Waals surface area contributed by atoms with Crippen molar-refractivity contribution in [2.75, 3.05) is 9.80 Å². The first-order valence-electron chi connectivity index (χ1n) is 37.5. The fourth-order valence-electron chi connectivity index (χ4n) is 18.4. The van der Waals surface area contributed by atoms with Crippen molar-refractivity contribution >= 4 is 137 Å². The summed E-state index contributed by atoms with van der Waals surface area (Å²) in [5.41, 5.74) is 22.7. The highest BCUT2D eigenvalue weighted by atomic mass is 28.3. The van der Waals surface area contributed by atoms with E-state index in [0.29, 0.717) is 0 Å².